The lowest BCUT2D eigenvalue weighted by Gasteiger charge is -2.29. The van der Waals surface area contributed by atoms with E-state index in [2.05, 4.69) is 5.43 Å². The largest absolute Gasteiger partial charge is 0.409 e. The number of nitrogens with one attached hydrogen (secondary N) is 1. The zero-order valence-corrected chi connectivity index (χ0v) is 11.3. The van der Waals surface area contributed by atoms with Crippen molar-refractivity contribution >= 4 is 16.7 Å². The third-order valence-corrected chi connectivity index (χ3v) is 3.64. The maximum absolute atomic E-state index is 13.6. The molecule has 1 heterocycles. The van der Waals surface area contributed by atoms with Gasteiger partial charge in [0.05, 0.1) is 0 Å². The zero-order valence-electron chi connectivity index (χ0n) is 11.3. The van der Waals surface area contributed by atoms with E-state index in [-0.39, 0.29) is 23.9 Å². The van der Waals surface area contributed by atoms with Crippen molar-refractivity contribution in [1.29, 1.82) is 0 Å². The van der Waals surface area contributed by atoms with Crippen LogP contribution in [0.1, 0.15) is 18.0 Å². The van der Waals surface area contributed by atoms with Gasteiger partial charge in [0.2, 0.25) is 5.91 Å². The fourth-order valence-electron chi connectivity index (χ4n) is 2.67. The molecule has 2 aromatic carbocycles. The summed E-state index contributed by atoms with van der Waals surface area (Å²) in [5.74, 6) is -0.928. The summed E-state index contributed by atoms with van der Waals surface area (Å²) < 4.78 is 53.8. The predicted octanol–water partition coefficient (Wildman–Crippen LogP) is 3.32. The van der Waals surface area contributed by atoms with E-state index >= 15 is 0 Å². The number of nitrogens with zero attached hydrogens (tertiary/aromatic N) is 1. The molecule has 1 amide bonds. The molecule has 3 nitrogen and oxygen atoms in total. The van der Waals surface area contributed by atoms with Crippen molar-refractivity contribution in [3.05, 3.63) is 47.8 Å². The molecule has 0 spiro atoms. The van der Waals surface area contributed by atoms with Gasteiger partial charge in [-0.2, -0.15) is 13.2 Å². The highest BCUT2D eigenvalue weighted by molar-refractivity contribution is 5.84. The Morgan fingerprint density at radius 3 is 2.59 bits per heavy atom. The fraction of sp³-hybridized carbons (Fsp3) is 0.267. The molecule has 3 rings (SSSR count). The van der Waals surface area contributed by atoms with Crippen molar-refractivity contribution in [3.8, 4) is 0 Å². The number of alkyl halides is 3. The van der Waals surface area contributed by atoms with E-state index in [1.54, 1.807) is 6.07 Å². The van der Waals surface area contributed by atoms with Gasteiger partial charge in [-0.05, 0) is 23.1 Å². The standard InChI is InChI=1S/C15H12F4N2O/c16-12-3-1-2-9-8-10(4-5-11(9)12)14(15(17,18)19)21-7-6-13(22)20-21/h1-5,8,14H,6-7H2,(H,20,22)/t14-/m0/s1. The fourth-order valence-corrected chi connectivity index (χ4v) is 2.67. The highest BCUT2D eigenvalue weighted by Crippen LogP contribution is 2.38. The first-order valence-electron chi connectivity index (χ1n) is 6.67. The minimum atomic E-state index is -4.56. The zero-order chi connectivity index (χ0) is 15.9. The quantitative estimate of drug-likeness (QED) is 0.863. The summed E-state index contributed by atoms with van der Waals surface area (Å²) in [6.45, 7) is -0.0236. The van der Waals surface area contributed by atoms with Crippen molar-refractivity contribution in [1.82, 2.24) is 10.4 Å². The van der Waals surface area contributed by atoms with Crippen LogP contribution in [-0.4, -0.2) is 23.6 Å². The average Bonchev–Trinajstić information content (AvgIpc) is 2.83. The van der Waals surface area contributed by atoms with E-state index < -0.39 is 23.9 Å². The smallest absolute Gasteiger partial charge is 0.288 e. The van der Waals surface area contributed by atoms with Crippen molar-refractivity contribution in [2.75, 3.05) is 6.54 Å². The summed E-state index contributed by atoms with van der Waals surface area (Å²) in [5.41, 5.74) is 2.18. The van der Waals surface area contributed by atoms with E-state index in [1.807, 2.05) is 0 Å². The Labute approximate surface area is 123 Å². The highest BCUT2D eigenvalue weighted by atomic mass is 19.4. The molecule has 1 atom stereocenters. The van der Waals surface area contributed by atoms with E-state index in [1.165, 1.54) is 30.3 Å². The molecule has 116 valence electrons. The molecule has 1 aliphatic heterocycles. The molecular weight excluding hydrogens is 300 g/mol. The number of amides is 1. The third kappa shape index (κ3) is 2.64. The van der Waals surface area contributed by atoms with E-state index in [4.69, 9.17) is 0 Å². The number of carbonyl (C=O) groups is 1. The molecule has 0 bridgehead atoms. The summed E-state index contributed by atoms with van der Waals surface area (Å²) in [7, 11) is 0. The van der Waals surface area contributed by atoms with Crippen molar-refractivity contribution in [3.63, 3.8) is 0 Å². The van der Waals surface area contributed by atoms with Gasteiger partial charge >= 0.3 is 6.18 Å². The minimum absolute atomic E-state index is 0.0226. The van der Waals surface area contributed by atoms with Crippen LogP contribution >= 0.6 is 0 Å². The second-order valence-electron chi connectivity index (χ2n) is 5.14. The molecular formula is C15H12F4N2O. The summed E-state index contributed by atoms with van der Waals surface area (Å²) in [4.78, 5) is 11.2. The molecule has 1 saturated heterocycles. The van der Waals surface area contributed by atoms with Gasteiger partial charge in [0.15, 0.2) is 0 Å². The number of benzene rings is 2. The van der Waals surface area contributed by atoms with Gasteiger partial charge < -0.3 is 0 Å². The Kier molecular flexibility index (Phi) is 3.52. The van der Waals surface area contributed by atoms with Gasteiger partial charge in [-0.25, -0.2) is 9.40 Å². The van der Waals surface area contributed by atoms with E-state index in [9.17, 15) is 22.4 Å². The lowest BCUT2D eigenvalue weighted by Crippen LogP contribution is -2.43. The molecule has 1 fully saturated rings. The van der Waals surface area contributed by atoms with Crippen LogP contribution in [0, 0.1) is 5.82 Å². The van der Waals surface area contributed by atoms with Gasteiger partial charge in [0, 0.05) is 18.4 Å². The highest BCUT2D eigenvalue weighted by Gasteiger charge is 2.46. The first kappa shape index (κ1) is 14.8. The number of fused-ring (bicyclic) bond motifs is 1. The lowest BCUT2D eigenvalue weighted by molar-refractivity contribution is -0.191. The topological polar surface area (TPSA) is 32.3 Å². The van der Waals surface area contributed by atoms with Gasteiger partial charge in [-0.15, -0.1) is 0 Å². The first-order chi connectivity index (χ1) is 10.4. The normalized spacial score (nSPS) is 17.7. The molecule has 22 heavy (non-hydrogen) atoms. The van der Waals surface area contributed by atoms with Crippen molar-refractivity contribution < 1.29 is 22.4 Å². The van der Waals surface area contributed by atoms with E-state index in [0.29, 0.717) is 5.39 Å². The van der Waals surface area contributed by atoms with Crippen LogP contribution in [0.4, 0.5) is 17.6 Å². The van der Waals surface area contributed by atoms with Gasteiger partial charge in [0.1, 0.15) is 11.9 Å². The Bertz CT molecular complexity index is 729. The summed E-state index contributed by atoms with van der Waals surface area (Å²) in [6.07, 6.45) is -4.53. The van der Waals surface area contributed by atoms with Crippen LogP contribution in [0.5, 0.6) is 0 Å². The second kappa shape index (κ2) is 5.24. The predicted molar refractivity (Wildman–Crippen MR) is 72.2 cm³/mol. The van der Waals surface area contributed by atoms with Crippen LogP contribution in [0.3, 0.4) is 0 Å². The van der Waals surface area contributed by atoms with Crippen LogP contribution in [0.15, 0.2) is 36.4 Å². The molecule has 0 aromatic heterocycles. The van der Waals surface area contributed by atoms with Gasteiger partial charge in [-0.3, -0.25) is 10.2 Å². The Hall–Kier alpha value is -2.15. The number of hydrogen-bond donors (Lipinski definition) is 1. The number of hydrazine groups is 1. The molecule has 0 unspecified atom stereocenters. The molecule has 1 N–H and O–H groups in total. The van der Waals surface area contributed by atoms with Crippen molar-refractivity contribution in [2.45, 2.75) is 18.6 Å². The third-order valence-electron chi connectivity index (χ3n) is 3.64. The molecule has 1 aliphatic rings. The van der Waals surface area contributed by atoms with Crippen LogP contribution < -0.4 is 5.43 Å². The second-order valence-corrected chi connectivity index (χ2v) is 5.14. The van der Waals surface area contributed by atoms with Gasteiger partial charge in [-0.1, -0.05) is 24.3 Å². The molecule has 0 saturated carbocycles. The monoisotopic (exact) mass is 312 g/mol. The maximum Gasteiger partial charge on any atom is 0.409 e. The number of carbonyl (C=O) groups excluding carboxylic acids is 1. The van der Waals surface area contributed by atoms with Crippen LogP contribution in [-0.2, 0) is 4.79 Å². The maximum atomic E-state index is 13.6. The SMILES string of the molecule is O=C1CCN([C@@H](c2ccc3c(F)cccc3c2)C(F)(F)F)N1. The Morgan fingerprint density at radius 1 is 1.18 bits per heavy atom. The Morgan fingerprint density at radius 2 is 1.95 bits per heavy atom. The summed E-state index contributed by atoms with van der Waals surface area (Å²) in [5, 5.41) is 1.53. The molecule has 7 heteroatoms. The van der Waals surface area contributed by atoms with E-state index in [0.717, 1.165) is 5.01 Å². The van der Waals surface area contributed by atoms with Crippen LogP contribution in [0.2, 0.25) is 0 Å². The number of hydrogen-bond acceptors (Lipinski definition) is 2. The average molecular weight is 312 g/mol. The Balaban J connectivity index is 2.06. The van der Waals surface area contributed by atoms with Crippen LogP contribution in [0.25, 0.3) is 10.8 Å². The van der Waals surface area contributed by atoms with Gasteiger partial charge in [0.25, 0.3) is 0 Å². The van der Waals surface area contributed by atoms with Crippen molar-refractivity contribution in [2.24, 2.45) is 0 Å². The lowest BCUT2D eigenvalue weighted by atomic mass is 10.0. The number of halogens is 4. The number of rotatable bonds is 2. The summed E-state index contributed by atoms with van der Waals surface area (Å²) >= 11 is 0. The molecule has 0 aliphatic carbocycles. The molecule has 0 radical (unpaired) electrons. The first-order valence-corrected chi connectivity index (χ1v) is 6.67. The molecule has 2 aromatic rings. The minimum Gasteiger partial charge on any atom is -0.288 e. The summed E-state index contributed by atoms with van der Waals surface area (Å²) in [6, 6.07) is 6.18.